The topological polar surface area (TPSA) is 25.8 Å². The Morgan fingerprint density at radius 3 is 2.21 bits per heavy atom. The Kier molecular flexibility index (Phi) is 3.13. The molecular formula is C15H10Cl2N2. The molecule has 0 aliphatic rings. The van der Waals surface area contributed by atoms with Crippen LogP contribution < -0.4 is 0 Å². The van der Waals surface area contributed by atoms with E-state index in [9.17, 15) is 0 Å². The van der Waals surface area contributed by atoms with Crippen molar-refractivity contribution in [1.29, 1.82) is 0 Å². The molecule has 1 aromatic heterocycles. The summed E-state index contributed by atoms with van der Waals surface area (Å²) in [5.74, 6) is 0. The van der Waals surface area contributed by atoms with Crippen LogP contribution in [0.1, 0.15) is 5.56 Å². The zero-order chi connectivity index (χ0) is 13.4. The molecule has 0 fully saturated rings. The largest absolute Gasteiger partial charge is 0.252 e. The molecule has 0 atom stereocenters. The van der Waals surface area contributed by atoms with Crippen LogP contribution in [0.3, 0.4) is 0 Å². The fourth-order valence-corrected chi connectivity index (χ4v) is 2.19. The van der Waals surface area contributed by atoms with Gasteiger partial charge in [0, 0.05) is 5.56 Å². The van der Waals surface area contributed by atoms with Crippen LogP contribution in [-0.2, 0) is 0 Å². The lowest BCUT2D eigenvalue weighted by molar-refractivity contribution is 1.29. The molecule has 0 aliphatic carbocycles. The first-order valence-electron chi connectivity index (χ1n) is 5.82. The number of hydrogen-bond donors (Lipinski definition) is 0. The molecule has 94 valence electrons. The molecule has 0 aliphatic heterocycles. The second-order valence-electron chi connectivity index (χ2n) is 4.38. The second-order valence-corrected chi connectivity index (χ2v) is 5.19. The number of nitrogens with zero attached hydrogens (tertiary/aromatic N) is 2. The Morgan fingerprint density at radius 1 is 0.895 bits per heavy atom. The van der Waals surface area contributed by atoms with Crippen LogP contribution in [0, 0.1) is 6.92 Å². The Balaban J connectivity index is 2.16. The van der Waals surface area contributed by atoms with Gasteiger partial charge in [0.25, 0.3) is 0 Å². The maximum Gasteiger partial charge on any atom is 0.0910 e. The van der Waals surface area contributed by atoms with Crippen LogP contribution in [0.5, 0.6) is 0 Å². The fraction of sp³-hybridized carbons (Fsp3) is 0.0667. The summed E-state index contributed by atoms with van der Waals surface area (Å²) in [5.41, 5.74) is 4.56. The average Bonchev–Trinajstić information content (AvgIpc) is 2.40. The minimum absolute atomic E-state index is 0.490. The molecular weight excluding hydrogens is 279 g/mol. The van der Waals surface area contributed by atoms with Crippen molar-refractivity contribution >= 4 is 34.2 Å². The molecule has 0 unspecified atom stereocenters. The van der Waals surface area contributed by atoms with Crippen molar-refractivity contribution in [3.05, 3.63) is 58.2 Å². The lowest BCUT2D eigenvalue weighted by atomic mass is 10.1. The fourth-order valence-electron chi connectivity index (χ4n) is 1.87. The van der Waals surface area contributed by atoms with E-state index in [1.54, 1.807) is 18.3 Å². The molecule has 2 aromatic carbocycles. The van der Waals surface area contributed by atoms with E-state index in [1.807, 2.05) is 12.1 Å². The van der Waals surface area contributed by atoms with Crippen LogP contribution in [0.25, 0.3) is 22.3 Å². The highest BCUT2D eigenvalue weighted by atomic mass is 35.5. The highest BCUT2D eigenvalue weighted by molar-refractivity contribution is 6.42. The van der Waals surface area contributed by atoms with E-state index in [2.05, 4.69) is 29.0 Å². The normalized spacial score (nSPS) is 10.9. The molecule has 2 nitrogen and oxygen atoms in total. The molecule has 0 spiro atoms. The van der Waals surface area contributed by atoms with Gasteiger partial charge in [-0.25, -0.2) is 4.98 Å². The quantitative estimate of drug-likeness (QED) is 0.636. The third-order valence-corrected chi connectivity index (χ3v) is 3.65. The lowest BCUT2D eigenvalue weighted by Crippen LogP contribution is -1.89. The van der Waals surface area contributed by atoms with E-state index in [4.69, 9.17) is 23.2 Å². The highest BCUT2D eigenvalue weighted by Crippen LogP contribution is 2.27. The summed E-state index contributed by atoms with van der Waals surface area (Å²) in [7, 11) is 0. The zero-order valence-corrected chi connectivity index (χ0v) is 11.7. The Hall–Kier alpha value is -1.64. The van der Waals surface area contributed by atoms with Gasteiger partial charge in [-0.2, -0.15) is 0 Å². The second kappa shape index (κ2) is 4.80. The van der Waals surface area contributed by atoms with Crippen molar-refractivity contribution in [2.45, 2.75) is 6.92 Å². The first-order valence-corrected chi connectivity index (χ1v) is 6.58. The molecule has 0 saturated carbocycles. The van der Waals surface area contributed by atoms with Gasteiger partial charge >= 0.3 is 0 Å². The molecule has 1 heterocycles. The third-order valence-electron chi connectivity index (χ3n) is 2.93. The lowest BCUT2D eigenvalue weighted by Gasteiger charge is -2.04. The third kappa shape index (κ3) is 2.42. The standard InChI is InChI=1S/C15H10Cl2N2/c1-9-2-4-10(5-3-9)15-8-18-13-6-11(16)12(17)7-14(13)19-15/h2-8H,1H3. The number of rotatable bonds is 1. The van der Waals surface area contributed by atoms with Crippen LogP contribution in [0.2, 0.25) is 10.0 Å². The number of hydrogen-bond acceptors (Lipinski definition) is 2. The predicted octanol–water partition coefficient (Wildman–Crippen LogP) is 4.91. The van der Waals surface area contributed by atoms with E-state index in [0.29, 0.717) is 10.0 Å². The van der Waals surface area contributed by atoms with Gasteiger partial charge < -0.3 is 0 Å². The molecule has 0 radical (unpaired) electrons. The van der Waals surface area contributed by atoms with Gasteiger partial charge in [0.05, 0.1) is 33.0 Å². The summed E-state index contributed by atoms with van der Waals surface area (Å²) in [5, 5.41) is 0.982. The molecule has 0 amide bonds. The van der Waals surface area contributed by atoms with E-state index in [1.165, 1.54) is 5.56 Å². The summed E-state index contributed by atoms with van der Waals surface area (Å²) >= 11 is 12.0. The molecule has 3 aromatic rings. The molecule has 19 heavy (non-hydrogen) atoms. The number of aromatic nitrogens is 2. The number of halogens is 2. The van der Waals surface area contributed by atoms with Gasteiger partial charge in [-0.15, -0.1) is 0 Å². The average molecular weight is 289 g/mol. The SMILES string of the molecule is Cc1ccc(-c2cnc3cc(Cl)c(Cl)cc3n2)cc1. The molecule has 3 rings (SSSR count). The van der Waals surface area contributed by atoms with Gasteiger partial charge in [0.2, 0.25) is 0 Å². The van der Waals surface area contributed by atoms with Crippen molar-refractivity contribution < 1.29 is 0 Å². The summed E-state index contributed by atoms with van der Waals surface area (Å²) in [6.07, 6.45) is 1.75. The maximum atomic E-state index is 6.01. The van der Waals surface area contributed by atoms with Crippen molar-refractivity contribution in [1.82, 2.24) is 9.97 Å². The van der Waals surface area contributed by atoms with E-state index in [0.717, 1.165) is 22.3 Å². The van der Waals surface area contributed by atoms with E-state index < -0.39 is 0 Å². The molecule has 4 heteroatoms. The van der Waals surface area contributed by atoms with Crippen LogP contribution in [0.4, 0.5) is 0 Å². The Bertz CT molecular complexity index is 752. The minimum atomic E-state index is 0.490. The van der Waals surface area contributed by atoms with E-state index >= 15 is 0 Å². The van der Waals surface area contributed by atoms with Crippen LogP contribution in [0.15, 0.2) is 42.6 Å². The van der Waals surface area contributed by atoms with Crippen molar-refractivity contribution in [2.24, 2.45) is 0 Å². The maximum absolute atomic E-state index is 6.01. The van der Waals surface area contributed by atoms with Gasteiger partial charge in [-0.3, -0.25) is 4.98 Å². The van der Waals surface area contributed by atoms with E-state index in [-0.39, 0.29) is 0 Å². The predicted molar refractivity (Wildman–Crippen MR) is 79.7 cm³/mol. The number of aryl methyl sites for hydroxylation is 1. The Morgan fingerprint density at radius 2 is 1.53 bits per heavy atom. The van der Waals surface area contributed by atoms with Crippen molar-refractivity contribution in [3.63, 3.8) is 0 Å². The monoisotopic (exact) mass is 288 g/mol. The summed E-state index contributed by atoms with van der Waals surface area (Å²) in [6.45, 7) is 2.05. The van der Waals surface area contributed by atoms with Gasteiger partial charge in [-0.1, -0.05) is 53.0 Å². The van der Waals surface area contributed by atoms with Crippen molar-refractivity contribution in [2.75, 3.05) is 0 Å². The van der Waals surface area contributed by atoms with Gasteiger partial charge in [-0.05, 0) is 19.1 Å². The van der Waals surface area contributed by atoms with Crippen molar-refractivity contribution in [3.8, 4) is 11.3 Å². The first-order chi connectivity index (χ1) is 9.13. The molecule has 0 saturated heterocycles. The number of benzene rings is 2. The van der Waals surface area contributed by atoms with Crippen LogP contribution >= 0.6 is 23.2 Å². The molecule has 0 bridgehead atoms. The Labute approximate surface area is 121 Å². The summed E-state index contributed by atoms with van der Waals surface area (Å²) < 4.78 is 0. The van der Waals surface area contributed by atoms with Gasteiger partial charge in [0.15, 0.2) is 0 Å². The van der Waals surface area contributed by atoms with Crippen LogP contribution in [-0.4, -0.2) is 9.97 Å². The highest BCUT2D eigenvalue weighted by Gasteiger charge is 2.06. The number of fused-ring (bicyclic) bond motifs is 1. The smallest absolute Gasteiger partial charge is 0.0910 e. The zero-order valence-electron chi connectivity index (χ0n) is 10.2. The summed E-state index contributed by atoms with van der Waals surface area (Å²) in [6, 6.07) is 11.6. The molecule has 0 N–H and O–H groups in total. The first kappa shape index (κ1) is 12.4. The minimum Gasteiger partial charge on any atom is -0.252 e. The van der Waals surface area contributed by atoms with Gasteiger partial charge in [0.1, 0.15) is 0 Å². The summed E-state index contributed by atoms with van der Waals surface area (Å²) in [4.78, 5) is 8.95.